The van der Waals surface area contributed by atoms with Crippen molar-refractivity contribution in [2.24, 2.45) is 0 Å². The van der Waals surface area contributed by atoms with Gasteiger partial charge in [0.05, 0.1) is 4.90 Å². The van der Waals surface area contributed by atoms with Gasteiger partial charge in [0, 0.05) is 44.8 Å². The Morgan fingerprint density at radius 2 is 1.63 bits per heavy atom. The fourth-order valence-corrected chi connectivity index (χ4v) is 5.23. The number of carbonyl (C=O) groups excluding carboxylic acids is 2. The second-order valence-electron chi connectivity index (χ2n) is 7.28. The molecule has 1 aliphatic heterocycles. The van der Waals surface area contributed by atoms with Crippen LogP contribution >= 0.6 is 0 Å². The first kappa shape index (κ1) is 19.8. The fraction of sp³-hybridized carbons (Fsp3) is 0.579. The number of nitrogens with zero attached hydrogens (tertiary/aromatic N) is 3. The zero-order valence-corrected chi connectivity index (χ0v) is 16.5. The third kappa shape index (κ3) is 4.32. The van der Waals surface area contributed by atoms with Gasteiger partial charge in [-0.15, -0.1) is 0 Å². The summed E-state index contributed by atoms with van der Waals surface area (Å²) in [6.07, 6.45) is 6.33. The molecule has 0 N–H and O–H groups in total. The lowest BCUT2D eigenvalue weighted by Gasteiger charge is -2.32. The van der Waals surface area contributed by atoms with E-state index in [0.717, 1.165) is 32.1 Å². The molecule has 27 heavy (non-hydrogen) atoms. The minimum atomic E-state index is -3.61. The lowest BCUT2D eigenvalue weighted by atomic mass is 9.94. The Labute approximate surface area is 161 Å². The number of carbonyl (C=O) groups is 2. The normalized spacial score (nSPS) is 19.7. The van der Waals surface area contributed by atoms with Crippen LogP contribution in [0.1, 0.15) is 42.5 Å². The summed E-state index contributed by atoms with van der Waals surface area (Å²) in [4.78, 5) is 27.0. The molecule has 1 aliphatic carbocycles. The Kier molecular flexibility index (Phi) is 6.16. The highest BCUT2D eigenvalue weighted by Gasteiger charge is 2.29. The molecule has 1 saturated heterocycles. The van der Waals surface area contributed by atoms with Gasteiger partial charge < -0.3 is 9.80 Å². The molecule has 0 bridgehead atoms. The second kappa shape index (κ2) is 8.39. The summed E-state index contributed by atoms with van der Waals surface area (Å²) in [7, 11) is -1.78. The summed E-state index contributed by atoms with van der Waals surface area (Å²) in [6.45, 7) is 1.36. The highest BCUT2D eigenvalue weighted by molar-refractivity contribution is 7.89. The Balaban J connectivity index is 1.69. The van der Waals surface area contributed by atoms with Crippen LogP contribution in [0.4, 0.5) is 0 Å². The van der Waals surface area contributed by atoms with Crippen molar-refractivity contribution in [3.05, 3.63) is 29.8 Å². The van der Waals surface area contributed by atoms with Gasteiger partial charge in [0.25, 0.3) is 5.91 Å². The molecule has 0 spiro atoms. The quantitative estimate of drug-likeness (QED) is 0.711. The van der Waals surface area contributed by atoms with Crippen LogP contribution in [0, 0.1) is 0 Å². The first-order valence-electron chi connectivity index (χ1n) is 9.50. The first-order chi connectivity index (χ1) is 12.9. The number of piperazine rings is 1. The Morgan fingerprint density at radius 1 is 1.04 bits per heavy atom. The summed E-state index contributed by atoms with van der Waals surface area (Å²) in [6, 6.07) is 6.46. The third-order valence-electron chi connectivity index (χ3n) is 5.60. The Hall–Kier alpha value is -1.93. The van der Waals surface area contributed by atoms with Crippen LogP contribution in [0.2, 0.25) is 0 Å². The lowest BCUT2D eigenvalue weighted by Crippen LogP contribution is -2.47. The van der Waals surface area contributed by atoms with Crippen molar-refractivity contribution < 1.29 is 18.0 Å². The van der Waals surface area contributed by atoms with Gasteiger partial charge in [0.2, 0.25) is 16.4 Å². The van der Waals surface area contributed by atoms with Crippen molar-refractivity contribution in [2.45, 2.75) is 43.0 Å². The molecule has 8 heteroatoms. The summed E-state index contributed by atoms with van der Waals surface area (Å²) in [5.74, 6) is -0.0644. The first-order valence-corrected chi connectivity index (χ1v) is 10.9. The number of hydrogen-bond donors (Lipinski definition) is 0. The third-order valence-corrected chi connectivity index (χ3v) is 7.52. The number of amides is 2. The molecule has 0 atom stereocenters. The van der Waals surface area contributed by atoms with Crippen molar-refractivity contribution in [3.8, 4) is 0 Å². The van der Waals surface area contributed by atoms with E-state index in [9.17, 15) is 18.0 Å². The number of sulfonamides is 1. The minimum absolute atomic E-state index is 0.0644. The van der Waals surface area contributed by atoms with E-state index in [0.29, 0.717) is 18.7 Å². The summed E-state index contributed by atoms with van der Waals surface area (Å²) < 4.78 is 26.9. The average Bonchev–Trinajstić information content (AvgIpc) is 2.73. The monoisotopic (exact) mass is 393 g/mol. The van der Waals surface area contributed by atoms with Crippen LogP contribution < -0.4 is 0 Å². The summed E-state index contributed by atoms with van der Waals surface area (Å²) in [5.41, 5.74) is 0.507. The van der Waals surface area contributed by atoms with Crippen molar-refractivity contribution in [1.29, 1.82) is 0 Å². The maximum atomic E-state index is 12.8. The molecule has 2 fully saturated rings. The molecule has 2 aliphatic rings. The number of hydrogen-bond acceptors (Lipinski definition) is 4. The van der Waals surface area contributed by atoms with Gasteiger partial charge in [-0.05, 0) is 37.1 Å². The highest BCUT2D eigenvalue weighted by Crippen LogP contribution is 2.24. The number of rotatable bonds is 5. The highest BCUT2D eigenvalue weighted by atomic mass is 32.2. The van der Waals surface area contributed by atoms with E-state index < -0.39 is 10.0 Å². The molecule has 1 aromatic rings. The van der Waals surface area contributed by atoms with E-state index in [2.05, 4.69) is 0 Å². The predicted octanol–water partition coefficient (Wildman–Crippen LogP) is 1.55. The van der Waals surface area contributed by atoms with Crippen molar-refractivity contribution in [3.63, 3.8) is 0 Å². The van der Waals surface area contributed by atoms with E-state index >= 15 is 0 Å². The predicted molar refractivity (Wildman–Crippen MR) is 102 cm³/mol. The van der Waals surface area contributed by atoms with E-state index in [4.69, 9.17) is 0 Å². The van der Waals surface area contributed by atoms with Crippen LogP contribution in [-0.4, -0.2) is 74.1 Å². The molecular formula is C19H27N3O4S. The van der Waals surface area contributed by atoms with E-state index in [1.807, 2.05) is 7.05 Å². The van der Waals surface area contributed by atoms with Gasteiger partial charge >= 0.3 is 0 Å². The fourth-order valence-electron chi connectivity index (χ4n) is 3.81. The molecule has 148 valence electrons. The van der Waals surface area contributed by atoms with Crippen LogP contribution in [0.15, 0.2) is 29.2 Å². The Morgan fingerprint density at radius 3 is 2.19 bits per heavy atom. The van der Waals surface area contributed by atoms with Gasteiger partial charge in [0.15, 0.2) is 0 Å². The van der Waals surface area contributed by atoms with E-state index in [1.165, 1.54) is 22.9 Å². The van der Waals surface area contributed by atoms with Crippen molar-refractivity contribution in [2.75, 3.05) is 33.2 Å². The summed E-state index contributed by atoms with van der Waals surface area (Å²) in [5, 5.41) is 0. The van der Waals surface area contributed by atoms with E-state index in [-0.39, 0.29) is 29.9 Å². The zero-order valence-electron chi connectivity index (χ0n) is 15.7. The van der Waals surface area contributed by atoms with Gasteiger partial charge in [-0.2, -0.15) is 4.31 Å². The van der Waals surface area contributed by atoms with Gasteiger partial charge in [-0.3, -0.25) is 9.59 Å². The smallest absolute Gasteiger partial charge is 0.253 e. The average molecular weight is 394 g/mol. The van der Waals surface area contributed by atoms with Crippen molar-refractivity contribution >= 4 is 22.3 Å². The van der Waals surface area contributed by atoms with E-state index in [1.54, 1.807) is 21.9 Å². The minimum Gasteiger partial charge on any atom is -0.343 e. The molecule has 3 rings (SSSR count). The molecule has 2 amide bonds. The number of benzene rings is 1. The molecular weight excluding hydrogens is 366 g/mol. The molecule has 0 aromatic heterocycles. The SMILES string of the molecule is CN(C(=O)c1ccc(S(=O)(=O)N2CCN(C=O)CC2)cc1)C1CCCCC1. The van der Waals surface area contributed by atoms with Gasteiger partial charge in [-0.1, -0.05) is 19.3 Å². The van der Waals surface area contributed by atoms with Crippen LogP contribution in [0.3, 0.4) is 0 Å². The maximum Gasteiger partial charge on any atom is 0.253 e. The second-order valence-corrected chi connectivity index (χ2v) is 9.22. The molecule has 7 nitrogen and oxygen atoms in total. The Bertz CT molecular complexity index is 765. The molecule has 1 aromatic carbocycles. The zero-order chi connectivity index (χ0) is 19.4. The maximum absolute atomic E-state index is 12.8. The van der Waals surface area contributed by atoms with Gasteiger partial charge in [-0.25, -0.2) is 8.42 Å². The lowest BCUT2D eigenvalue weighted by molar-refractivity contribution is -0.119. The molecule has 1 saturated carbocycles. The topological polar surface area (TPSA) is 78.0 Å². The van der Waals surface area contributed by atoms with Crippen molar-refractivity contribution in [1.82, 2.24) is 14.1 Å². The molecule has 0 unspecified atom stereocenters. The largest absolute Gasteiger partial charge is 0.343 e. The molecule has 1 heterocycles. The van der Waals surface area contributed by atoms with Gasteiger partial charge in [0.1, 0.15) is 0 Å². The molecule has 0 radical (unpaired) electrons. The standard InChI is InChI=1S/C19H27N3O4S/c1-20(17-5-3-2-4-6-17)19(24)16-7-9-18(10-8-16)27(25,26)22-13-11-21(15-23)12-14-22/h7-10,15,17H,2-6,11-14H2,1H3. The van der Waals surface area contributed by atoms with Crippen LogP contribution in [0.5, 0.6) is 0 Å². The summed E-state index contributed by atoms with van der Waals surface area (Å²) >= 11 is 0. The van der Waals surface area contributed by atoms with Crippen LogP contribution in [0.25, 0.3) is 0 Å². The van der Waals surface area contributed by atoms with Crippen LogP contribution in [-0.2, 0) is 14.8 Å².